The van der Waals surface area contributed by atoms with E-state index >= 15 is 0 Å². The van der Waals surface area contributed by atoms with Crippen molar-refractivity contribution in [3.8, 4) is 0 Å². The Morgan fingerprint density at radius 3 is 1.00 bits per heavy atom. The van der Waals surface area contributed by atoms with E-state index in [1.54, 1.807) is 0 Å². The van der Waals surface area contributed by atoms with Gasteiger partial charge in [0.1, 0.15) is 0 Å². The number of hydrogen-bond acceptors (Lipinski definition) is 0. The van der Waals surface area contributed by atoms with Gasteiger partial charge in [0, 0.05) is 0 Å². The average Bonchev–Trinajstić information content (AvgIpc) is 0. The summed E-state index contributed by atoms with van der Waals surface area (Å²) in [6.45, 7) is 0. The van der Waals surface area contributed by atoms with E-state index in [-0.39, 0.29) is 78.2 Å². The van der Waals surface area contributed by atoms with Crippen molar-refractivity contribution in [1.29, 1.82) is 0 Å². The summed E-state index contributed by atoms with van der Waals surface area (Å²) in [5.74, 6) is 0. The van der Waals surface area contributed by atoms with Gasteiger partial charge in [0.05, 0.1) is 0 Å². The Hall–Kier alpha value is 1.99. The molecule has 0 saturated heterocycles. The van der Waals surface area contributed by atoms with Crippen molar-refractivity contribution < 1.29 is 40.4 Å². The molecule has 0 aromatic rings. The largest absolute Gasteiger partial charge is 2.00 e. The zero-order chi connectivity index (χ0) is 0. The maximum Gasteiger partial charge on any atom is 2.00 e. The maximum absolute atomic E-state index is 0. The molecule has 2 N–H and O–H groups in total. The smallest absolute Gasteiger partial charge is 2.00 e. The molecular formula is H2CaClFeO2+. The van der Waals surface area contributed by atoms with E-state index < -0.39 is 0 Å². The number of rotatable bonds is 0. The van der Waals surface area contributed by atoms with Gasteiger partial charge in [0.2, 0.25) is 0 Å². The van der Waals surface area contributed by atoms with Gasteiger partial charge in [0.25, 0.3) is 0 Å². The molecule has 0 aliphatic heterocycles. The van der Waals surface area contributed by atoms with Crippen LogP contribution in [0.1, 0.15) is 0 Å². The number of halogens is 1. The second-order valence-electron chi connectivity index (χ2n) is 0. The van der Waals surface area contributed by atoms with E-state index in [2.05, 4.69) is 0 Å². The van der Waals surface area contributed by atoms with Crippen LogP contribution < -0.4 is 12.4 Å². The summed E-state index contributed by atoms with van der Waals surface area (Å²) < 4.78 is 0. The maximum atomic E-state index is 0. The molecule has 0 fully saturated rings. The van der Waals surface area contributed by atoms with E-state index in [1.807, 2.05) is 0 Å². The molecule has 0 saturated carbocycles. The second-order valence-corrected chi connectivity index (χ2v) is 0. The Morgan fingerprint density at radius 1 is 1.00 bits per heavy atom. The first-order valence-electron chi connectivity index (χ1n) is 0. The van der Waals surface area contributed by atoms with Crippen molar-refractivity contribution in [2.24, 2.45) is 0 Å². The van der Waals surface area contributed by atoms with Crippen LogP contribution in [0.15, 0.2) is 0 Å². The van der Waals surface area contributed by atoms with E-state index in [1.165, 1.54) is 0 Å². The quantitative estimate of drug-likeness (QED) is 0.326. The van der Waals surface area contributed by atoms with Crippen molar-refractivity contribution in [3.05, 3.63) is 0 Å². The predicted octanol–water partition coefficient (Wildman–Crippen LogP) is -4.32. The summed E-state index contributed by atoms with van der Waals surface area (Å²) in [6, 6.07) is 0. The van der Waals surface area contributed by atoms with Crippen LogP contribution in [0.4, 0.5) is 0 Å². The van der Waals surface area contributed by atoms with Crippen LogP contribution in [-0.2, 0) is 22.5 Å². The summed E-state index contributed by atoms with van der Waals surface area (Å²) in [6.07, 6.45) is 0. The fraction of sp³-hybridized carbons (Fsp3) is 0. The summed E-state index contributed by atoms with van der Waals surface area (Å²) in [4.78, 5) is 0. The molecule has 30 valence electrons. The Kier molecular flexibility index (Phi) is 477. The molecule has 0 aliphatic rings. The molecule has 0 spiro atoms. The van der Waals surface area contributed by atoms with Gasteiger partial charge in [-0.2, -0.15) is 0 Å². The molecule has 0 aromatic heterocycles. The van der Waals surface area contributed by atoms with Gasteiger partial charge in [0.15, 0.2) is 0 Å². The van der Waals surface area contributed by atoms with Gasteiger partial charge >= 0.3 is 54.8 Å². The van der Waals surface area contributed by atoms with Crippen molar-refractivity contribution in [1.82, 2.24) is 0 Å². The first-order valence-corrected chi connectivity index (χ1v) is 0. The zero-order valence-corrected chi connectivity index (χ0v) is 6.42. The van der Waals surface area contributed by atoms with Gasteiger partial charge in [-0.3, -0.25) is 0 Å². The predicted molar refractivity (Wildman–Crippen MR) is 10.1 cm³/mol. The molecule has 0 heterocycles. The second kappa shape index (κ2) is 37.7. The fourth-order valence-corrected chi connectivity index (χ4v) is 0. The third kappa shape index (κ3) is 24.1. The van der Waals surface area contributed by atoms with Crippen LogP contribution in [-0.4, -0.2) is 43.2 Å². The molecule has 0 atom stereocenters. The third-order valence-corrected chi connectivity index (χ3v) is 0. The molecule has 0 aromatic carbocycles. The van der Waals surface area contributed by atoms with Gasteiger partial charge in [-0.05, 0) is 0 Å². The number of hydrogen-bond donors (Lipinski definition) is 0. The summed E-state index contributed by atoms with van der Waals surface area (Å²) in [5.41, 5.74) is 0. The molecular weight excluding hydrogens is 163 g/mol. The molecule has 2 nitrogen and oxygen atoms in total. The molecule has 0 unspecified atom stereocenters. The van der Waals surface area contributed by atoms with Crippen LogP contribution in [0.2, 0.25) is 0 Å². The minimum Gasteiger partial charge on any atom is -2.00 e. The van der Waals surface area contributed by atoms with Crippen LogP contribution in [0.3, 0.4) is 0 Å². The monoisotopic (exact) mass is 165 g/mol. The molecule has 0 rings (SSSR count). The minimum absolute atomic E-state index is 0. The first-order chi connectivity index (χ1) is 0. The van der Waals surface area contributed by atoms with Crippen LogP contribution in [0.25, 0.3) is 0 Å². The topological polar surface area (TPSA) is 60.0 Å². The van der Waals surface area contributed by atoms with Crippen LogP contribution in [0.5, 0.6) is 0 Å². The van der Waals surface area contributed by atoms with Crippen molar-refractivity contribution in [2.75, 3.05) is 0 Å². The Morgan fingerprint density at radius 2 is 1.00 bits per heavy atom. The van der Waals surface area contributed by atoms with Crippen LogP contribution in [0, 0.1) is 0 Å². The standard InChI is InChI=1S/Ca.ClH.Fe.H2O.O/h;1H;;1H2;/q+2;;+2;;-2/p-1. The molecule has 0 aliphatic carbocycles. The van der Waals surface area contributed by atoms with Crippen molar-refractivity contribution in [3.63, 3.8) is 0 Å². The van der Waals surface area contributed by atoms with Gasteiger partial charge in [-0.15, -0.1) is 0 Å². The third-order valence-electron chi connectivity index (χ3n) is 0. The molecule has 5 heteroatoms. The van der Waals surface area contributed by atoms with Crippen molar-refractivity contribution >= 4 is 37.7 Å². The SMILES string of the molecule is O.[Ca+2].[Cl-].[Fe+2].[O-2]. The normalized spacial score (nSPS) is 0. The zero-order valence-electron chi connectivity index (χ0n) is 2.35. The van der Waals surface area contributed by atoms with Gasteiger partial charge in [-0.25, -0.2) is 0 Å². The van der Waals surface area contributed by atoms with E-state index in [0.717, 1.165) is 0 Å². The molecule has 0 radical (unpaired) electrons. The Balaban J connectivity index is 0. The van der Waals surface area contributed by atoms with E-state index in [4.69, 9.17) is 0 Å². The van der Waals surface area contributed by atoms with E-state index in [9.17, 15) is 0 Å². The van der Waals surface area contributed by atoms with Gasteiger partial charge < -0.3 is 23.4 Å². The molecule has 0 amide bonds. The Bertz CT molecular complexity index is 9.61. The first kappa shape index (κ1) is 63.4. The summed E-state index contributed by atoms with van der Waals surface area (Å²) >= 11 is 0. The van der Waals surface area contributed by atoms with Crippen LogP contribution >= 0.6 is 0 Å². The van der Waals surface area contributed by atoms with E-state index in [0.29, 0.717) is 0 Å². The summed E-state index contributed by atoms with van der Waals surface area (Å²) in [5, 5.41) is 0. The minimum atomic E-state index is 0. The molecule has 0 bridgehead atoms. The van der Waals surface area contributed by atoms with Crippen molar-refractivity contribution in [2.45, 2.75) is 0 Å². The Labute approximate surface area is 77.2 Å². The summed E-state index contributed by atoms with van der Waals surface area (Å²) in [7, 11) is 0. The average molecular weight is 165 g/mol. The van der Waals surface area contributed by atoms with Gasteiger partial charge in [-0.1, -0.05) is 0 Å². The molecule has 5 heavy (non-hydrogen) atoms. The fourth-order valence-electron chi connectivity index (χ4n) is 0.